The zero-order valence-electron chi connectivity index (χ0n) is 23.7. The van der Waals surface area contributed by atoms with Gasteiger partial charge in [-0.2, -0.15) is 0 Å². The molecular weight excluding hydrogens is 616 g/mol. The maximum atomic E-state index is 13.3. The first-order chi connectivity index (χ1) is 21.0. The smallest absolute Gasteiger partial charge is 0.414 e. The zero-order valence-corrected chi connectivity index (χ0v) is 25.3. The lowest BCUT2D eigenvalue weighted by molar-refractivity contribution is -0.129. The Morgan fingerprint density at radius 1 is 1.07 bits per heavy atom. The van der Waals surface area contributed by atoms with Crippen LogP contribution in [0.3, 0.4) is 0 Å². The van der Waals surface area contributed by atoms with Crippen LogP contribution in [0.25, 0.3) is 0 Å². The van der Waals surface area contributed by atoms with E-state index in [2.05, 4.69) is 5.32 Å². The van der Waals surface area contributed by atoms with Gasteiger partial charge in [-0.3, -0.25) is 33.8 Å². The van der Waals surface area contributed by atoms with Crippen LogP contribution in [0.5, 0.6) is 0 Å². The third-order valence-corrected chi connectivity index (χ3v) is 8.14. The molecule has 2 atom stereocenters. The molecule has 6 amide bonds. The van der Waals surface area contributed by atoms with Crippen LogP contribution in [0.15, 0.2) is 36.4 Å². The van der Waals surface area contributed by atoms with Gasteiger partial charge in [0, 0.05) is 30.9 Å². The maximum Gasteiger partial charge on any atom is 0.414 e. The molecule has 3 heterocycles. The quantitative estimate of drug-likeness (QED) is 0.268. The first-order valence-corrected chi connectivity index (χ1v) is 15.1. The molecular formula is C28H33ClN6O8S. The maximum absolute atomic E-state index is 13.3. The molecule has 44 heavy (non-hydrogen) atoms. The van der Waals surface area contributed by atoms with Gasteiger partial charge >= 0.3 is 6.09 Å². The largest absolute Gasteiger partial charge is 0.442 e. The van der Waals surface area contributed by atoms with Crippen molar-refractivity contribution in [2.24, 2.45) is 11.5 Å². The topological polar surface area (TPSA) is 195 Å². The molecule has 2 fully saturated rings. The first-order valence-electron chi connectivity index (χ1n) is 13.9. The standard InChI is InChI=1S/C28H33ClN6O8S/c29-22-9-8-21(44-22)27(40)35(24(37)3-1-2-10-32-26(39)20(30)13-23(31)36)15-19-14-34(28(41)43-19)18-6-4-17(5-7-18)33-11-12-42-16-25(33)38/h4-9,19-20H,1-3,10-16,30H2,(H2,31,36)(H,32,39)/t19-,20+/m1/s1. The summed E-state index contributed by atoms with van der Waals surface area (Å²) < 4.78 is 11.1. The Hall–Kier alpha value is -4.05. The van der Waals surface area contributed by atoms with E-state index in [1.54, 1.807) is 35.2 Å². The van der Waals surface area contributed by atoms with E-state index in [-0.39, 0.29) is 49.9 Å². The Balaban J connectivity index is 1.35. The number of primary amides is 1. The lowest BCUT2D eigenvalue weighted by atomic mass is 10.1. The van der Waals surface area contributed by atoms with E-state index in [0.29, 0.717) is 41.7 Å². The van der Waals surface area contributed by atoms with E-state index in [4.69, 9.17) is 32.5 Å². The van der Waals surface area contributed by atoms with Crippen LogP contribution in [0.4, 0.5) is 16.2 Å². The normalized spacial score (nSPS) is 17.3. The van der Waals surface area contributed by atoms with Crippen LogP contribution >= 0.6 is 22.9 Å². The predicted molar refractivity (Wildman–Crippen MR) is 161 cm³/mol. The van der Waals surface area contributed by atoms with Gasteiger partial charge in [-0.05, 0) is 49.2 Å². The summed E-state index contributed by atoms with van der Waals surface area (Å²) in [5, 5.41) is 2.59. The Bertz CT molecular complexity index is 1400. The monoisotopic (exact) mass is 648 g/mol. The molecule has 5 N–H and O–H groups in total. The molecule has 0 unspecified atom stereocenters. The molecule has 0 bridgehead atoms. The molecule has 0 spiro atoms. The lowest BCUT2D eigenvalue weighted by Crippen LogP contribution is -2.43. The molecule has 2 saturated heterocycles. The Kier molecular flexibility index (Phi) is 11.3. The number of benzene rings is 1. The van der Waals surface area contributed by atoms with Crippen molar-refractivity contribution in [1.29, 1.82) is 0 Å². The number of morpholine rings is 1. The molecule has 0 aliphatic carbocycles. The number of imide groups is 1. The third-order valence-electron chi connectivity index (χ3n) is 6.92. The molecule has 1 aromatic carbocycles. The summed E-state index contributed by atoms with van der Waals surface area (Å²) in [7, 11) is 0. The molecule has 0 radical (unpaired) electrons. The second-order valence-electron chi connectivity index (χ2n) is 10.2. The van der Waals surface area contributed by atoms with E-state index < -0.39 is 41.9 Å². The minimum atomic E-state index is -1.06. The number of carbonyl (C=O) groups excluding carboxylic acids is 6. The van der Waals surface area contributed by atoms with Crippen LogP contribution in [-0.4, -0.2) is 92.1 Å². The number of ether oxygens (including phenoxy) is 2. The summed E-state index contributed by atoms with van der Waals surface area (Å²) in [6.45, 7) is 1.00. The van der Waals surface area contributed by atoms with Gasteiger partial charge in [0.1, 0.15) is 12.7 Å². The van der Waals surface area contributed by atoms with Crippen LogP contribution in [-0.2, 0) is 28.7 Å². The Morgan fingerprint density at radius 3 is 2.41 bits per heavy atom. The molecule has 1 aromatic heterocycles. The molecule has 2 aliphatic heterocycles. The van der Waals surface area contributed by atoms with Gasteiger partial charge in [-0.25, -0.2) is 4.79 Å². The second kappa shape index (κ2) is 15.1. The van der Waals surface area contributed by atoms with Crippen LogP contribution in [0.2, 0.25) is 4.34 Å². The molecule has 236 valence electrons. The number of hydrogen-bond acceptors (Lipinski definition) is 10. The Labute approximate surface area is 262 Å². The van der Waals surface area contributed by atoms with Gasteiger partial charge in [0.2, 0.25) is 17.7 Å². The number of anilines is 2. The van der Waals surface area contributed by atoms with E-state index in [1.807, 2.05) is 0 Å². The van der Waals surface area contributed by atoms with Crippen molar-refractivity contribution in [2.45, 2.75) is 37.8 Å². The molecule has 16 heteroatoms. The van der Waals surface area contributed by atoms with E-state index in [1.165, 1.54) is 11.0 Å². The highest BCUT2D eigenvalue weighted by atomic mass is 35.5. The van der Waals surface area contributed by atoms with E-state index in [9.17, 15) is 28.8 Å². The lowest BCUT2D eigenvalue weighted by Gasteiger charge is -2.27. The van der Waals surface area contributed by atoms with Gasteiger partial charge < -0.3 is 31.2 Å². The van der Waals surface area contributed by atoms with Crippen LogP contribution < -0.4 is 26.6 Å². The second-order valence-corrected chi connectivity index (χ2v) is 11.9. The van der Waals surface area contributed by atoms with Gasteiger partial charge in [0.25, 0.3) is 11.8 Å². The summed E-state index contributed by atoms with van der Waals surface area (Å²) >= 11 is 7.05. The SMILES string of the molecule is NC(=O)C[C@H](N)C(=O)NCCCCC(=O)N(C[C@H]1CN(c2ccc(N3CCOCC3=O)cc2)C(=O)O1)C(=O)c1ccc(Cl)s1. The molecule has 14 nitrogen and oxygen atoms in total. The highest BCUT2D eigenvalue weighted by molar-refractivity contribution is 7.18. The van der Waals surface area contributed by atoms with Crippen molar-refractivity contribution < 1.29 is 38.2 Å². The van der Waals surface area contributed by atoms with Gasteiger partial charge in [0.15, 0.2) is 0 Å². The molecule has 2 aromatic rings. The number of halogens is 1. The fourth-order valence-corrected chi connectivity index (χ4v) is 5.68. The summed E-state index contributed by atoms with van der Waals surface area (Å²) in [6, 6.07) is 8.87. The van der Waals surface area contributed by atoms with Crippen LogP contribution in [0.1, 0.15) is 35.4 Å². The summed E-state index contributed by atoms with van der Waals surface area (Å²) in [5.41, 5.74) is 11.9. The predicted octanol–water partition coefficient (Wildman–Crippen LogP) is 1.25. The Morgan fingerprint density at radius 2 is 1.77 bits per heavy atom. The number of nitrogens with two attached hydrogens (primary N) is 2. The van der Waals surface area contributed by atoms with Gasteiger partial charge in [-0.15, -0.1) is 11.3 Å². The fourth-order valence-electron chi connectivity index (χ4n) is 4.68. The van der Waals surface area contributed by atoms with Crippen molar-refractivity contribution in [3.63, 3.8) is 0 Å². The minimum absolute atomic E-state index is 0.0111. The summed E-state index contributed by atoms with van der Waals surface area (Å²) in [5.74, 6) is -2.42. The minimum Gasteiger partial charge on any atom is -0.442 e. The van der Waals surface area contributed by atoms with Crippen molar-refractivity contribution in [3.8, 4) is 0 Å². The van der Waals surface area contributed by atoms with Gasteiger partial charge in [-0.1, -0.05) is 11.6 Å². The highest BCUT2D eigenvalue weighted by Crippen LogP contribution is 2.27. The number of thiophene rings is 1. The number of nitrogens with zero attached hydrogens (tertiary/aromatic N) is 3. The molecule has 4 rings (SSSR count). The van der Waals surface area contributed by atoms with Crippen LogP contribution in [0, 0.1) is 0 Å². The number of hydrogen-bond donors (Lipinski definition) is 3. The van der Waals surface area contributed by atoms with Crippen molar-refractivity contribution >= 4 is 69.9 Å². The van der Waals surface area contributed by atoms with Crippen molar-refractivity contribution in [2.75, 3.05) is 49.2 Å². The number of amides is 6. The fraction of sp³-hybridized carbons (Fsp3) is 0.429. The van der Waals surface area contributed by atoms with Crippen molar-refractivity contribution in [1.82, 2.24) is 10.2 Å². The van der Waals surface area contributed by atoms with E-state index in [0.717, 1.165) is 16.2 Å². The highest BCUT2D eigenvalue weighted by Gasteiger charge is 2.36. The number of cyclic esters (lactones) is 1. The van der Waals surface area contributed by atoms with E-state index >= 15 is 0 Å². The molecule has 0 saturated carbocycles. The summed E-state index contributed by atoms with van der Waals surface area (Å²) in [6.07, 6.45) is -0.968. The third kappa shape index (κ3) is 8.53. The van der Waals surface area contributed by atoms with Gasteiger partial charge in [0.05, 0.1) is 41.4 Å². The number of unbranched alkanes of at least 4 members (excludes halogenated alkanes) is 1. The number of rotatable bonds is 13. The first kappa shape index (κ1) is 32.9. The van der Waals surface area contributed by atoms with Crippen molar-refractivity contribution in [3.05, 3.63) is 45.6 Å². The number of nitrogens with one attached hydrogen (secondary N) is 1. The average Bonchev–Trinajstić information content (AvgIpc) is 3.60. The average molecular weight is 649 g/mol. The zero-order chi connectivity index (χ0) is 31.8. The summed E-state index contributed by atoms with van der Waals surface area (Å²) in [4.78, 5) is 78.7. The molecule has 2 aliphatic rings. The number of carbonyl (C=O) groups is 6.